The fourth-order valence-electron chi connectivity index (χ4n) is 11.8. The zero-order valence-electron chi connectivity index (χ0n) is 22.7. The molecule has 0 radical (unpaired) electrons. The van der Waals surface area contributed by atoms with Gasteiger partial charge in [-0.05, 0) is 128 Å². The third-order valence-corrected chi connectivity index (χ3v) is 13.7. The molecule has 0 saturated heterocycles. The third kappa shape index (κ3) is 2.97. The van der Waals surface area contributed by atoms with Gasteiger partial charge < -0.3 is 15.3 Å². The normalized spacial score (nSPS) is 58.1. The Balaban J connectivity index is 1.58. The van der Waals surface area contributed by atoms with Gasteiger partial charge in [0, 0.05) is 0 Å². The zero-order chi connectivity index (χ0) is 24.4. The van der Waals surface area contributed by atoms with Crippen LogP contribution in [0.5, 0.6) is 0 Å². The van der Waals surface area contributed by atoms with E-state index in [1.807, 2.05) is 13.8 Å². The van der Waals surface area contributed by atoms with E-state index in [1.165, 1.54) is 25.7 Å². The molecule has 5 aliphatic carbocycles. The summed E-state index contributed by atoms with van der Waals surface area (Å²) in [4.78, 5) is 0. The Morgan fingerprint density at radius 2 is 1.42 bits per heavy atom. The minimum absolute atomic E-state index is 0.0786. The Bertz CT molecular complexity index is 799. The highest BCUT2D eigenvalue weighted by molar-refractivity contribution is 5.21. The molecule has 5 aliphatic rings. The van der Waals surface area contributed by atoms with Gasteiger partial charge in [-0.2, -0.15) is 0 Å². The molecular weight excluding hydrogens is 408 g/mol. The molecule has 3 N–H and O–H groups in total. The van der Waals surface area contributed by atoms with E-state index < -0.39 is 5.60 Å². The molecule has 3 heteroatoms. The lowest BCUT2D eigenvalue weighted by molar-refractivity contribution is -0.279. The predicted octanol–water partition coefficient (Wildman–Crippen LogP) is 6.19. The van der Waals surface area contributed by atoms with Crippen LogP contribution in [0.3, 0.4) is 0 Å². The Hall–Kier alpha value is -0.120. The summed E-state index contributed by atoms with van der Waals surface area (Å²) in [5.41, 5.74) is -0.0634. The molecule has 0 aromatic heterocycles. The number of hydrogen-bond acceptors (Lipinski definition) is 3. The SMILES string of the molecule is CC(C)(O)C1CCC2(C)CCC3(C)C(CC(O)C4C5(C)CCC(O)C(C)(C)C5CCC43C)C12. The number of aliphatic hydroxyl groups is 3. The number of aliphatic hydroxyl groups excluding tert-OH is 2. The average molecular weight is 461 g/mol. The maximum atomic E-state index is 12.0. The second-order valence-electron chi connectivity index (χ2n) is 15.7. The first-order valence-electron chi connectivity index (χ1n) is 14.1. The number of hydrogen-bond donors (Lipinski definition) is 3. The highest BCUT2D eigenvalue weighted by Gasteiger charge is 2.72. The van der Waals surface area contributed by atoms with E-state index in [2.05, 4.69) is 41.5 Å². The average Bonchev–Trinajstić information content (AvgIpc) is 3.05. The van der Waals surface area contributed by atoms with E-state index in [9.17, 15) is 15.3 Å². The van der Waals surface area contributed by atoms with Crippen LogP contribution in [-0.4, -0.2) is 33.1 Å². The fourth-order valence-corrected chi connectivity index (χ4v) is 11.8. The van der Waals surface area contributed by atoms with Gasteiger partial charge in [0.2, 0.25) is 0 Å². The van der Waals surface area contributed by atoms with Crippen molar-refractivity contribution in [3.05, 3.63) is 0 Å². The molecule has 0 spiro atoms. The molecule has 0 amide bonds. The minimum atomic E-state index is -0.656. The molecule has 11 unspecified atom stereocenters. The molecule has 33 heavy (non-hydrogen) atoms. The Kier molecular flexibility index (Phi) is 5.21. The van der Waals surface area contributed by atoms with Crippen molar-refractivity contribution in [1.82, 2.24) is 0 Å². The molecule has 0 heterocycles. The van der Waals surface area contributed by atoms with Gasteiger partial charge >= 0.3 is 0 Å². The van der Waals surface area contributed by atoms with Crippen molar-refractivity contribution in [2.75, 3.05) is 0 Å². The number of fused-ring (bicyclic) bond motifs is 7. The first-order valence-corrected chi connectivity index (χ1v) is 14.1. The lowest BCUT2D eigenvalue weighted by Crippen LogP contribution is -2.70. The zero-order valence-corrected chi connectivity index (χ0v) is 22.7. The predicted molar refractivity (Wildman–Crippen MR) is 134 cm³/mol. The van der Waals surface area contributed by atoms with Gasteiger partial charge in [-0.3, -0.25) is 0 Å². The Labute approximate surface area is 203 Å². The van der Waals surface area contributed by atoms with Crippen LogP contribution in [-0.2, 0) is 0 Å². The van der Waals surface area contributed by atoms with Crippen molar-refractivity contribution in [2.45, 2.75) is 131 Å². The highest BCUT2D eigenvalue weighted by atomic mass is 16.3. The van der Waals surface area contributed by atoms with Gasteiger partial charge in [0.1, 0.15) is 0 Å². The lowest BCUT2D eigenvalue weighted by Gasteiger charge is -2.73. The van der Waals surface area contributed by atoms with E-state index in [0.29, 0.717) is 35.0 Å². The maximum absolute atomic E-state index is 12.0. The minimum Gasteiger partial charge on any atom is -0.393 e. The largest absolute Gasteiger partial charge is 0.393 e. The van der Waals surface area contributed by atoms with Crippen LogP contribution in [0, 0.1) is 56.7 Å². The van der Waals surface area contributed by atoms with Crippen molar-refractivity contribution in [3.63, 3.8) is 0 Å². The molecule has 5 fully saturated rings. The lowest BCUT2D eigenvalue weighted by atomic mass is 9.31. The summed E-state index contributed by atoms with van der Waals surface area (Å²) >= 11 is 0. The first kappa shape index (κ1) is 24.6. The van der Waals surface area contributed by atoms with Crippen LogP contribution in [0.4, 0.5) is 0 Å². The van der Waals surface area contributed by atoms with Gasteiger partial charge in [-0.15, -0.1) is 0 Å². The van der Waals surface area contributed by atoms with Gasteiger partial charge in [0.05, 0.1) is 17.8 Å². The van der Waals surface area contributed by atoms with Crippen LogP contribution in [0.2, 0.25) is 0 Å². The molecular formula is C30H52O3. The molecule has 0 aromatic rings. The van der Waals surface area contributed by atoms with Crippen molar-refractivity contribution >= 4 is 0 Å². The maximum Gasteiger partial charge on any atom is 0.0622 e. The summed E-state index contributed by atoms with van der Waals surface area (Å²) < 4.78 is 0. The summed E-state index contributed by atoms with van der Waals surface area (Å²) in [5.74, 6) is 2.07. The molecule has 0 aliphatic heterocycles. The summed E-state index contributed by atoms with van der Waals surface area (Å²) in [5, 5.41) is 34.1. The van der Waals surface area contributed by atoms with Gasteiger partial charge in [-0.25, -0.2) is 0 Å². The molecule has 190 valence electrons. The topological polar surface area (TPSA) is 60.7 Å². The van der Waals surface area contributed by atoms with Crippen LogP contribution < -0.4 is 0 Å². The van der Waals surface area contributed by atoms with Gasteiger partial charge in [0.15, 0.2) is 0 Å². The summed E-state index contributed by atoms with van der Waals surface area (Å²) in [6.45, 7) is 18.7. The van der Waals surface area contributed by atoms with Gasteiger partial charge in [0.25, 0.3) is 0 Å². The van der Waals surface area contributed by atoms with E-state index in [0.717, 1.165) is 32.1 Å². The van der Waals surface area contributed by atoms with Crippen molar-refractivity contribution < 1.29 is 15.3 Å². The fraction of sp³-hybridized carbons (Fsp3) is 1.00. The summed E-state index contributed by atoms with van der Waals surface area (Å²) in [6.07, 6.45) is 9.48. The Morgan fingerprint density at radius 3 is 2.06 bits per heavy atom. The smallest absolute Gasteiger partial charge is 0.0622 e. The van der Waals surface area contributed by atoms with Crippen LogP contribution in [0.25, 0.3) is 0 Å². The Morgan fingerprint density at radius 1 is 0.758 bits per heavy atom. The molecule has 0 bridgehead atoms. The van der Waals surface area contributed by atoms with E-state index in [1.54, 1.807) is 0 Å². The van der Waals surface area contributed by atoms with E-state index in [-0.39, 0.29) is 33.9 Å². The van der Waals surface area contributed by atoms with Crippen molar-refractivity contribution in [3.8, 4) is 0 Å². The van der Waals surface area contributed by atoms with E-state index >= 15 is 0 Å². The molecule has 5 rings (SSSR count). The van der Waals surface area contributed by atoms with E-state index in [4.69, 9.17) is 0 Å². The second kappa shape index (κ2) is 7.00. The van der Waals surface area contributed by atoms with Crippen LogP contribution in [0.1, 0.15) is 113 Å². The van der Waals surface area contributed by atoms with Crippen molar-refractivity contribution in [2.24, 2.45) is 56.7 Å². The molecule has 3 nitrogen and oxygen atoms in total. The highest BCUT2D eigenvalue weighted by Crippen LogP contribution is 2.77. The monoisotopic (exact) mass is 460 g/mol. The molecule has 11 atom stereocenters. The third-order valence-electron chi connectivity index (χ3n) is 13.7. The summed E-state index contributed by atoms with van der Waals surface area (Å²) in [6, 6.07) is 0. The van der Waals surface area contributed by atoms with Crippen LogP contribution >= 0.6 is 0 Å². The molecule has 5 saturated carbocycles. The molecule has 0 aromatic carbocycles. The quantitative estimate of drug-likeness (QED) is 0.437. The second-order valence-corrected chi connectivity index (χ2v) is 15.7. The van der Waals surface area contributed by atoms with Crippen molar-refractivity contribution in [1.29, 1.82) is 0 Å². The summed E-state index contributed by atoms with van der Waals surface area (Å²) in [7, 11) is 0. The van der Waals surface area contributed by atoms with Crippen LogP contribution in [0.15, 0.2) is 0 Å². The standard InChI is InChI=1S/C30H52O3/c1-25(2)21-10-14-30(8)24(28(21,6)13-11-22(25)32)20(31)17-19-23-18(26(3,4)33)9-12-27(23,5)15-16-29(19,30)7/h18-24,31-33H,9-17H2,1-8H3. The number of rotatable bonds is 1. The first-order chi connectivity index (χ1) is 15.0. The van der Waals surface area contributed by atoms with Gasteiger partial charge in [-0.1, -0.05) is 41.5 Å².